The van der Waals surface area contributed by atoms with Crippen LogP contribution in [0.4, 0.5) is 10.7 Å². The predicted octanol–water partition coefficient (Wildman–Crippen LogP) is 1.94. The molecule has 1 saturated heterocycles. The number of nitrogens with zero attached hydrogens (tertiary/aromatic N) is 5. The first-order valence-corrected chi connectivity index (χ1v) is 9.83. The Kier molecular flexibility index (Phi) is 6.22. The Bertz CT molecular complexity index is 774. The molecule has 3 rings (SSSR count). The maximum absolute atomic E-state index is 12.5. The topological polar surface area (TPSA) is 83.5 Å². The first-order chi connectivity index (χ1) is 12.9. The number of amides is 2. The van der Waals surface area contributed by atoms with Gasteiger partial charge in [0.15, 0.2) is 0 Å². The minimum atomic E-state index is -0.240. The molecule has 1 unspecified atom stereocenters. The number of hydrogen-bond acceptors (Lipinski definition) is 7. The Morgan fingerprint density at radius 1 is 1.41 bits per heavy atom. The highest BCUT2D eigenvalue weighted by Crippen LogP contribution is 2.21. The van der Waals surface area contributed by atoms with Gasteiger partial charge in [-0.15, -0.1) is 11.3 Å². The van der Waals surface area contributed by atoms with Crippen molar-refractivity contribution in [3.63, 3.8) is 0 Å². The Morgan fingerprint density at radius 3 is 2.93 bits per heavy atom. The third-order valence-electron chi connectivity index (χ3n) is 4.44. The number of morpholine rings is 1. The standard InChI is InChI=1S/C18H26N6O2S/c1-12-13(2)27-16(21-12)6-8-20-18(25)24-9-10-26-15(11-24)14-5-7-19-17(22-14)23(3)4/h5,7,15H,6,8-11H2,1-4H3,(H,20,25). The lowest BCUT2D eigenvalue weighted by molar-refractivity contribution is -0.0175. The molecule has 1 N–H and O–H groups in total. The van der Waals surface area contributed by atoms with E-state index in [1.165, 1.54) is 4.88 Å². The second-order valence-electron chi connectivity index (χ2n) is 6.71. The van der Waals surface area contributed by atoms with Gasteiger partial charge in [-0.3, -0.25) is 0 Å². The van der Waals surface area contributed by atoms with Gasteiger partial charge in [-0.2, -0.15) is 0 Å². The maximum Gasteiger partial charge on any atom is 0.317 e. The van der Waals surface area contributed by atoms with Crippen molar-refractivity contribution < 1.29 is 9.53 Å². The number of ether oxygens (including phenoxy) is 1. The number of urea groups is 1. The molecule has 1 fully saturated rings. The lowest BCUT2D eigenvalue weighted by Crippen LogP contribution is -2.47. The Hall–Kier alpha value is -2.26. The van der Waals surface area contributed by atoms with Crippen molar-refractivity contribution in [1.29, 1.82) is 0 Å². The first kappa shape index (κ1) is 19.5. The summed E-state index contributed by atoms with van der Waals surface area (Å²) >= 11 is 1.69. The van der Waals surface area contributed by atoms with Gasteiger partial charge in [0.25, 0.3) is 0 Å². The van der Waals surface area contributed by atoms with Crippen LogP contribution in [0.1, 0.15) is 27.4 Å². The Morgan fingerprint density at radius 2 is 2.22 bits per heavy atom. The number of hydrogen-bond donors (Lipinski definition) is 1. The molecule has 0 aliphatic carbocycles. The number of aromatic nitrogens is 3. The van der Waals surface area contributed by atoms with Crippen LogP contribution < -0.4 is 10.2 Å². The lowest BCUT2D eigenvalue weighted by Gasteiger charge is -2.32. The zero-order valence-electron chi connectivity index (χ0n) is 16.2. The molecule has 9 heteroatoms. The zero-order chi connectivity index (χ0) is 19.4. The summed E-state index contributed by atoms with van der Waals surface area (Å²) in [4.78, 5) is 30.6. The summed E-state index contributed by atoms with van der Waals surface area (Å²) in [6.07, 6.45) is 2.23. The molecule has 1 aliphatic rings. The van der Waals surface area contributed by atoms with Crippen LogP contribution in [0.25, 0.3) is 0 Å². The van der Waals surface area contributed by atoms with Gasteiger partial charge in [-0.25, -0.2) is 19.7 Å². The van der Waals surface area contributed by atoms with Crippen molar-refractivity contribution in [1.82, 2.24) is 25.2 Å². The van der Waals surface area contributed by atoms with Crippen LogP contribution in [-0.2, 0) is 11.2 Å². The smallest absolute Gasteiger partial charge is 0.317 e. The molecule has 2 aromatic rings. The minimum absolute atomic E-state index is 0.0739. The Balaban J connectivity index is 1.54. The third-order valence-corrected chi connectivity index (χ3v) is 5.57. The van der Waals surface area contributed by atoms with Gasteiger partial charge in [0, 0.05) is 44.7 Å². The van der Waals surface area contributed by atoms with E-state index in [0.29, 0.717) is 32.2 Å². The van der Waals surface area contributed by atoms with Crippen LogP contribution in [0.15, 0.2) is 12.3 Å². The molecule has 27 heavy (non-hydrogen) atoms. The molecule has 0 saturated carbocycles. The average Bonchev–Trinajstić information content (AvgIpc) is 2.99. The van der Waals surface area contributed by atoms with E-state index >= 15 is 0 Å². The van der Waals surface area contributed by atoms with Gasteiger partial charge in [-0.05, 0) is 19.9 Å². The summed E-state index contributed by atoms with van der Waals surface area (Å²) in [7, 11) is 3.79. The van der Waals surface area contributed by atoms with Crippen molar-refractivity contribution in [3.05, 3.63) is 33.5 Å². The van der Waals surface area contributed by atoms with E-state index in [0.717, 1.165) is 22.8 Å². The van der Waals surface area contributed by atoms with Gasteiger partial charge in [0.1, 0.15) is 6.10 Å². The molecule has 2 amide bonds. The predicted molar refractivity (Wildman–Crippen MR) is 105 cm³/mol. The highest BCUT2D eigenvalue weighted by atomic mass is 32.1. The third kappa shape index (κ3) is 4.92. The van der Waals surface area contributed by atoms with E-state index in [1.807, 2.05) is 32.0 Å². The van der Waals surface area contributed by atoms with Gasteiger partial charge in [-0.1, -0.05) is 0 Å². The van der Waals surface area contributed by atoms with Crippen molar-refractivity contribution in [2.45, 2.75) is 26.4 Å². The van der Waals surface area contributed by atoms with Gasteiger partial charge < -0.3 is 19.9 Å². The quantitative estimate of drug-likeness (QED) is 0.840. The molecule has 1 aliphatic heterocycles. The zero-order valence-corrected chi connectivity index (χ0v) is 17.0. The molecule has 1 atom stereocenters. The number of thiazole rings is 1. The number of rotatable bonds is 5. The van der Waals surface area contributed by atoms with E-state index in [-0.39, 0.29) is 12.1 Å². The Labute approximate surface area is 163 Å². The molecule has 146 valence electrons. The molecule has 0 bridgehead atoms. The van der Waals surface area contributed by atoms with E-state index in [9.17, 15) is 4.79 Å². The molecular formula is C18H26N6O2S. The fraction of sp³-hybridized carbons (Fsp3) is 0.556. The molecule has 0 spiro atoms. The fourth-order valence-corrected chi connectivity index (χ4v) is 3.74. The molecule has 8 nitrogen and oxygen atoms in total. The van der Waals surface area contributed by atoms with Crippen LogP contribution >= 0.6 is 11.3 Å². The van der Waals surface area contributed by atoms with Gasteiger partial charge >= 0.3 is 6.03 Å². The molecule has 3 heterocycles. The lowest BCUT2D eigenvalue weighted by atomic mass is 10.2. The largest absolute Gasteiger partial charge is 0.368 e. The van der Waals surface area contributed by atoms with Crippen molar-refractivity contribution >= 4 is 23.3 Å². The number of nitrogens with one attached hydrogen (secondary N) is 1. The fourth-order valence-electron chi connectivity index (χ4n) is 2.80. The average molecular weight is 391 g/mol. The molecule has 0 radical (unpaired) electrons. The van der Waals surface area contributed by atoms with E-state index in [2.05, 4.69) is 27.2 Å². The minimum Gasteiger partial charge on any atom is -0.368 e. The second-order valence-corrected chi connectivity index (χ2v) is 8.00. The van der Waals surface area contributed by atoms with E-state index < -0.39 is 0 Å². The number of anilines is 1. The van der Waals surface area contributed by atoms with Gasteiger partial charge in [0.05, 0.1) is 29.5 Å². The summed E-state index contributed by atoms with van der Waals surface area (Å²) in [5, 5.41) is 4.05. The summed E-state index contributed by atoms with van der Waals surface area (Å²) in [6, 6.07) is 1.77. The normalized spacial score (nSPS) is 17.0. The van der Waals surface area contributed by atoms with Crippen molar-refractivity contribution in [2.75, 3.05) is 45.2 Å². The number of aryl methyl sites for hydroxylation is 2. The van der Waals surface area contributed by atoms with Crippen molar-refractivity contribution in [2.24, 2.45) is 0 Å². The monoisotopic (exact) mass is 390 g/mol. The van der Waals surface area contributed by atoms with Crippen molar-refractivity contribution in [3.8, 4) is 0 Å². The highest BCUT2D eigenvalue weighted by molar-refractivity contribution is 7.11. The second kappa shape index (κ2) is 8.62. The number of carbonyl (C=O) groups is 1. The van der Waals surface area contributed by atoms with Crippen LogP contribution in [-0.4, -0.2) is 66.2 Å². The van der Waals surface area contributed by atoms with Crippen LogP contribution in [0.5, 0.6) is 0 Å². The first-order valence-electron chi connectivity index (χ1n) is 9.01. The van der Waals surface area contributed by atoms with Crippen LogP contribution in [0, 0.1) is 13.8 Å². The summed E-state index contributed by atoms with van der Waals surface area (Å²) in [5.41, 5.74) is 1.86. The summed E-state index contributed by atoms with van der Waals surface area (Å²) < 4.78 is 5.83. The molecular weight excluding hydrogens is 364 g/mol. The van der Waals surface area contributed by atoms with Crippen LogP contribution in [0.3, 0.4) is 0 Å². The highest BCUT2D eigenvalue weighted by Gasteiger charge is 2.26. The number of carbonyl (C=O) groups excluding carboxylic acids is 1. The van der Waals surface area contributed by atoms with E-state index in [1.54, 1.807) is 22.4 Å². The maximum atomic E-state index is 12.5. The molecule has 2 aromatic heterocycles. The van der Waals surface area contributed by atoms with Crippen LogP contribution in [0.2, 0.25) is 0 Å². The molecule has 0 aromatic carbocycles. The summed E-state index contributed by atoms with van der Waals surface area (Å²) in [5.74, 6) is 0.631. The SMILES string of the molecule is Cc1nc(CCNC(=O)N2CCOC(c3ccnc(N(C)C)n3)C2)sc1C. The van der Waals surface area contributed by atoms with E-state index in [4.69, 9.17) is 4.74 Å². The van der Waals surface area contributed by atoms with Gasteiger partial charge in [0.2, 0.25) is 5.95 Å². The summed E-state index contributed by atoms with van der Waals surface area (Å²) in [6.45, 7) is 6.19.